The highest BCUT2D eigenvalue weighted by Gasteiger charge is 2.04. The average Bonchev–Trinajstić information content (AvgIpc) is 2.34. The SMILES string of the molecule is Cl.NCC(=O)NCCNC(=O)c1ccc(Br)cc1. The smallest absolute Gasteiger partial charge is 0.251 e. The molecule has 100 valence electrons. The van der Waals surface area contributed by atoms with Crippen LogP contribution in [0.25, 0.3) is 0 Å². The van der Waals surface area contributed by atoms with Crippen molar-refractivity contribution in [2.45, 2.75) is 0 Å². The van der Waals surface area contributed by atoms with Crippen molar-refractivity contribution in [3.63, 3.8) is 0 Å². The predicted octanol–water partition coefficient (Wildman–Crippen LogP) is 0.676. The first-order valence-electron chi connectivity index (χ1n) is 5.14. The number of amides is 2. The van der Waals surface area contributed by atoms with E-state index in [1.165, 1.54) is 0 Å². The monoisotopic (exact) mass is 335 g/mol. The number of benzene rings is 1. The lowest BCUT2D eigenvalue weighted by Crippen LogP contribution is -2.37. The summed E-state index contributed by atoms with van der Waals surface area (Å²) in [6.45, 7) is 0.708. The van der Waals surface area contributed by atoms with Crippen LogP contribution in [0.4, 0.5) is 0 Å². The predicted molar refractivity (Wildman–Crippen MR) is 75.8 cm³/mol. The summed E-state index contributed by atoms with van der Waals surface area (Å²) in [5, 5.41) is 5.25. The first kappa shape index (κ1) is 16.9. The molecule has 18 heavy (non-hydrogen) atoms. The summed E-state index contributed by atoms with van der Waals surface area (Å²) in [6, 6.07) is 7.03. The van der Waals surface area contributed by atoms with Crippen molar-refractivity contribution < 1.29 is 9.59 Å². The molecule has 0 saturated heterocycles. The summed E-state index contributed by atoms with van der Waals surface area (Å²) in [4.78, 5) is 22.4. The first-order chi connectivity index (χ1) is 8.13. The number of carbonyl (C=O) groups is 2. The van der Waals surface area contributed by atoms with Crippen LogP contribution in [0.5, 0.6) is 0 Å². The Kier molecular flexibility index (Phi) is 8.36. The van der Waals surface area contributed by atoms with Gasteiger partial charge in [0.15, 0.2) is 0 Å². The maximum atomic E-state index is 11.6. The van der Waals surface area contributed by atoms with Gasteiger partial charge in [-0.05, 0) is 24.3 Å². The number of hydrogen-bond acceptors (Lipinski definition) is 3. The van der Waals surface area contributed by atoms with Gasteiger partial charge < -0.3 is 16.4 Å². The maximum absolute atomic E-state index is 11.6. The molecular weight excluding hydrogens is 321 g/mol. The van der Waals surface area contributed by atoms with E-state index >= 15 is 0 Å². The van der Waals surface area contributed by atoms with Gasteiger partial charge >= 0.3 is 0 Å². The molecule has 1 rings (SSSR count). The highest BCUT2D eigenvalue weighted by Crippen LogP contribution is 2.10. The molecule has 0 atom stereocenters. The molecule has 0 aliphatic carbocycles. The van der Waals surface area contributed by atoms with Gasteiger partial charge in [0.1, 0.15) is 0 Å². The standard InChI is InChI=1S/C11H14BrN3O2.ClH/c12-9-3-1-8(2-4-9)11(17)15-6-5-14-10(16)7-13;/h1-4H,5-7,13H2,(H,14,16)(H,15,17);1H. The highest BCUT2D eigenvalue weighted by molar-refractivity contribution is 9.10. The van der Waals surface area contributed by atoms with Crippen LogP contribution in [-0.2, 0) is 4.79 Å². The molecule has 0 fully saturated rings. The molecule has 4 N–H and O–H groups in total. The van der Waals surface area contributed by atoms with Crippen molar-refractivity contribution >= 4 is 40.2 Å². The summed E-state index contributed by atoms with van der Waals surface area (Å²) in [5.74, 6) is -0.401. The number of nitrogens with two attached hydrogens (primary N) is 1. The minimum atomic E-state index is -0.233. The van der Waals surface area contributed by atoms with Gasteiger partial charge in [-0.3, -0.25) is 9.59 Å². The van der Waals surface area contributed by atoms with E-state index in [1.54, 1.807) is 24.3 Å². The Labute approximate surface area is 120 Å². The van der Waals surface area contributed by atoms with E-state index in [0.29, 0.717) is 18.7 Å². The van der Waals surface area contributed by atoms with E-state index in [1.807, 2.05) is 0 Å². The van der Waals surface area contributed by atoms with E-state index in [9.17, 15) is 9.59 Å². The molecule has 7 heteroatoms. The molecule has 0 aliphatic heterocycles. The Hall–Kier alpha value is -1.11. The van der Waals surface area contributed by atoms with Crippen LogP contribution in [0.3, 0.4) is 0 Å². The van der Waals surface area contributed by atoms with E-state index in [4.69, 9.17) is 5.73 Å². The minimum Gasteiger partial charge on any atom is -0.353 e. The van der Waals surface area contributed by atoms with Crippen LogP contribution in [0.1, 0.15) is 10.4 Å². The van der Waals surface area contributed by atoms with Gasteiger partial charge in [0.05, 0.1) is 6.54 Å². The second kappa shape index (κ2) is 8.91. The summed E-state index contributed by atoms with van der Waals surface area (Å²) in [7, 11) is 0. The van der Waals surface area contributed by atoms with E-state index in [0.717, 1.165) is 4.47 Å². The zero-order valence-corrected chi connectivity index (χ0v) is 12.0. The normalized spacial score (nSPS) is 9.22. The minimum absolute atomic E-state index is 0. The fourth-order valence-electron chi connectivity index (χ4n) is 1.15. The van der Waals surface area contributed by atoms with Crippen molar-refractivity contribution in [3.8, 4) is 0 Å². The maximum Gasteiger partial charge on any atom is 0.251 e. The van der Waals surface area contributed by atoms with Crippen LogP contribution >= 0.6 is 28.3 Å². The number of nitrogens with one attached hydrogen (secondary N) is 2. The van der Waals surface area contributed by atoms with Crippen molar-refractivity contribution in [1.29, 1.82) is 0 Å². The molecule has 2 amide bonds. The molecule has 0 aliphatic rings. The number of rotatable bonds is 5. The lowest BCUT2D eigenvalue weighted by atomic mass is 10.2. The Balaban J connectivity index is 0.00000289. The quantitative estimate of drug-likeness (QED) is 0.691. The van der Waals surface area contributed by atoms with Gasteiger partial charge in [-0.1, -0.05) is 15.9 Å². The molecule has 0 spiro atoms. The number of carbonyl (C=O) groups excluding carboxylic acids is 2. The molecular formula is C11H15BrClN3O2. The second-order valence-corrected chi connectivity index (χ2v) is 4.23. The van der Waals surface area contributed by atoms with Crippen molar-refractivity contribution in [1.82, 2.24) is 10.6 Å². The van der Waals surface area contributed by atoms with Crippen molar-refractivity contribution in [3.05, 3.63) is 34.3 Å². The third-order valence-corrected chi connectivity index (χ3v) is 2.55. The fraction of sp³-hybridized carbons (Fsp3) is 0.273. The molecule has 0 aromatic heterocycles. The second-order valence-electron chi connectivity index (χ2n) is 3.32. The number of hydrogen-bond donors (Lipinski definition) is 3. The highest BCUT2D eigenvalue weighted by atomic mass is 79.9. The topological polar surface area (TPSA) is 84.2 Å². The van der Waals surface area contributed by atoms with Crippen LogP contribution in [0.2, 0.25) is 0 Å². The molecule has 1 aromatic rings. The summed E-state index contributed by atoms with van der Waals surface area (Å²) < 4.78 is 0.921. The number of halogens is 2. The summed E-state index contributed by atoms with van der Waals surface area (Å²) in [6.07, 6.45) is 0. The van der Waals surface area contributed by atoms with Gasteiger partial charge in [0, 0.05) is 23.1 Å². The Morgan fingerprint density at radius 2 is 1.67 bits per heavy atom. The molecule has 0 bridgehead atoms. The van der Waals surface area contributed by atoms with Gasteiger partial charge in [-0.15, -0.1) is 12.4 Å². The third kappa shape index (κ3) is 6.00. The first-order valence-corrected chi connectivity index (χ1v) is 5.93. The van der Waals surface area contributed by atoms with Crippen molar-refractivity contribution in [2.24, 2.45) is 5.73 Å². The Bertz CT molecular complexity index is 398. The largest absolute Gasteiger partial charge is 0.353 e. The van der Waals surface area contributed by atoms with Gasteiger partial charge in [-0.2, -0.15) is 0 Å². The van der Waals surface area contributed by atoms with Crippen LogP contribution in [0, 0.1) is 0 Å². The zero-order valence-electron chi connectivity index (χ0n) is 9.61. The molecule has 0 radical (unpaired) electrons. The van der Waals surface area contributed by atoms with E-state index in [-0.39, 0.29) is 30.8 Å². The van der Waals surface area contributed by atoms with E-state index in [2.05, 4.69) is 26.6 Å². The summed E-state index contributed by atoms with van der Waals surface area (Å²) in [5.41, 5.74) is 5.70. The van der Waals surface area contributed by atoms with E-state index < -0.39 is 0 Å². The van der Waals surface area contributed by atoms with Gasteiger partial charge in [0.25, 0.3) is 5.91 Å². The van der Waals surface area contributed by atoms with Crippen molar-refractivity contribution in [2.75, 3.05) is 19.6 Å². The molecule has 0 saturated carbocycles. The Morgan fingerprint density at radius 1 is 1.11 bits per heavy atom. The third-order valence-electron chi connectivity index (χ3n) is 2.02. The fourth-order valence-corrected chi connectivity index (χ4v) is 1.42. The van der Waals surface area contributed by atoms with Gasteiger partial charge in [0.2, 0.25) is 5.91 Å². The van der Waals surface area contributed by atoms with Crippen LogP contribution in [0.15, 0.2) is 28.7 Å². The molecule has 1 aromatic carbocycles. The molecule has 0 unspecified atom stereocenters. The average molecular weight is 337 g/mol. The summed E-state index contributed by atoms with van der Waals surface area (Å²) >= 11 is 3.29. The Morgan fingerprint density at radius 3 is 2.22 bits per heavy atom. The lowest BCUT2D eigenvalue weighted by Gasteiger charge is -2.06. The van der Waals surface area contributed by atoms with Crippen LogP contribution < -0.4 is 16.4 Å². The molecule has 0 heterocycles. The molecule has 5 nitrogen and oxygen atoms in total. The lowest BCUT2D eigenvalue weighted by molar-refractivity contribution is -0.119. The van der Waals surface area contributed by atoms with Gasteiger partial charge in [-0.25, -0.2) is 0 Å². The zero-order chi connectivity index (χ0) is 12.7. The van der Waals surface area contributed by atoms with Crippen LogP contribution in [-0.4, -0.2) is 31.4 Å².